The highest BCUT2D eigenvalue weighted by molar-refractivity contribution is 6.42. The van der Waals surface area contributed by atoms with Gasteiger partial charge in [0.1, 0.15) is 0 Å². The average Bonchev–Trinajstić information content (AvgIpc) is 2.18. The Morgan fingerprint density at radius 3 is 2.67 bits per heavy atom. The predicted octanol–water partition coefficient (Wildman–Crippen LogP) is 2.10. The van der Waals surface area contributed by atoms with Gasteiger partial charge in [0, 0.05) is 12.1 Å². The van der Waals surface area contributed by atoms with Crippen LogP contribution in [-0.4, -0.2) is 23.7 Å². The second-order valence-corrected chi connectivity index (χ2v) is 4.00. The number of carbonyl (C=O) groups is 1. The van der Waals surface area contributed by atoms with E-state index >= 15 is 0 Å². The summed E-state index contributed by atoms with van der Waals surface area (Å²) in [5.41, 5.74) is 0.421. The van der Waals surface area contributed by atoms with Crippen LogP contribution in [0.25, 0.3) is 0 Å². The number of carbonyl (C=O) groups excluding carboxylic acids is 1. The largest absolute Gasteiger partial charge is 0.392 e. The van der Waals surface area contributed by atoms with Gasteiger partial charge in [0.05, 0.1) is 16.1 Å². The Hall–Kier alpha value is -0.770. The van der Waals surface area contributed by atoms with Crippen LogP contribution in [0.5, 0.6) is 0 Å². The van der Waals surface area contributed by atoms with Crippen molar-refractivity contribution in [2.75, 3.05) is 6.54 Å². The van der Waals surface area contributed by atoms with Crippen LogP contribution in [0.4, 0.5) is 0 Å². The van der Waals surface area contributed by atoms with Crippen LogP contribution >= 0.6 is 23.2 Å². The summed E-state index contributed by atoms with van der Waals surface area (Å²) in [5.74, 6) is -0.283. The van der Waals surface area contributed by atoms with E-state index in [-0.39, 0.29) is 12.5 Å². The lowest BCUT2D eigenvalue weighted by atomic mass is 10.2. The second-order valence-electron chi connectivity index (χ2n) is 3.19. The molecule has 0 heterocycles. The molecule has 1 atom stereocenters. The van der Waals surface area contributed by atoms with Gasteiger partial charge in [-0.05, 0) is 25.1 Å². The van der Waals surface area contributed by atoms with E-state index in [4.69, 9.17) is 28.3 Å². The zero-order valence-electron chi connectivity index (χ0n) is 8.13. The fourth-order valence-corrected chi connectivity index (χ4v) is 1.28. The van der Waals surface area contributed by atoms with Crippen molar-refractivity contribution in [3.05, 3.63) is 33.8 Å². The molecule has 15 heavy (non-hydrogen) atoms. The Morgan fingerprint density at radius 1 is 1.47 bits per heavy atom. The van der Waals surface area contributed by atoms with E-state index in [1.807, 2.05) is 0 Å². The van der Waals surface area contributed by atoms with Crippen molar-refractivity contribution in [1.82, 2.24) is 5.32 Å². The standard InChI is InChI=1S/C10H11Cl2NO2/c1-6(14)5-13-10(15)7-2-3-8(11)9(12)4-7/h2-4,6,14H,5H2,1H3,(H,13,15)/t6-/m1/s1. The molecule has 1 aromatic rings. The van der Waals surface area contributed by atoms with E-state index in [9.17, 15) is 4.79 Å². The number of aliphatic hydroxyl groups excluding tert-OH is 1. The molecule has 5 heteroatoms. The summed E-state index contributed by atoms with van der Waals surface area (Å²) in [5, 5.41) is 12.3. The molecule has 0 aliphatic rings. The quantitative estimate of drug-likeness (QED) is 0.860. The van der Waals surface area contributed by atoms with Crippen molar-refractivity contribution in [1.29, 1.82) is 0 Å². The highest BCUT2D eigenvalue weighted by Gasteiger charge is 2.08. The number of halogens is 2. The summed E-state index contributed by atoms with van der Waals surface area (Å²) >= 11 is 11.5. The maximum Gasteiger partial charge on any atom is 0.251 e. The maximum atomic E-state index is 11.5. The highest BCUT2D eigenvalue weighted by Crippen LogP contribution is 2.22. The minimum atomic E-state index is -0.572. The predicted molar refractivity (Wildman–Crippen MR) is 60.5 cm³/mol. The first kappa shape index (κ1) is 12.3. The molecule has 1 rings (SSSR count). The smallest absolute Gasteiger partial charge is 0.251 e. The molecule has 0 aromatic heterocycles. The lowest BCUT2D eigenvalue weighted by Gasteiger charge is -2.07. The lowest BCUT2D eigenvalue weighted by molar-refractivity contribution is 0.0924. The van der Waals surface area contributed by atoms with Gasteiger partial charge in [-0.2, -0.15) is 0 Å². The number of aliphatic hydroxyl groups is 1. The Kier molecular flexibility index (Phi) is 4.39. The zero-order chi connectivity index (χ0) is 11.4. The van der Waals surface area contributed by atoms with Gasteiger partial charge in [-0.3, -0.25) is 4.79 Å². The number of hydrogen-bond acceptors (Lipinski definition) is 2. The normalized spacial score (nSPS) is 12.3. The summed E-state index contributed by atoms with van der Waals surface area (Å²) in [4.78, 5) is 11.5. The monoisotopic (exact) mass is 247 g/mol. The van der Waals surface area contributed by atoms with Gasteiger partial charge in [0.2, 0.25) is 0 Å². The molecule has 0 bridgehead atoms. The minimum Gasteiger partial charge on any atom is -0.392 e. The van der Waals surface area contributed by atoms with Gasteiger partial charge in [-0.25, -0.2) is 0 Å². The lowest BCUT2D eigenvalue weighted by Crippen LogP contribution is -2.30. The van der Waals surface area contributed by atoms with Gasteiger partial charge in [-0.1, -0.05) is 23.2 Å². The van der Waals surface area contributed by atoms with Crippen molar-refractivity contribution in [3.63, 3.8) is 0 Å². The van der Waals surface area contributed by atoms with Crippen molar-refractivity contribution < 1.29 is 9.90 Å². The fourth-order valence-electron chi connectivity index (χ4n) is 0.980. The van der Waals surface area contributed by atoms with Crippen LogP contribution in [0, 0.1) is 0 Å². The second kappa shape index (κ2) is 5.35. The Labute approximate surface area is 98.0 Å². The third-order valence-corrected chi connectivity index (χ3v) is 2.48. The van der Waals surface area contributed by atoms with E-state index in [1.165, 1.54) is 6.07 Å². The molecular weight excluding hydrogens is 237 g/mol. The number of amides is 1. The molecule has 1 aromatic carbocycles. The zero-order valence-corrected chi connectivity index (χ0v) is 9.64. The Morgan fingerprint density at radius 2 is 2.13 bits per heavy atom. The topological polar surface area (TPSA) is 49.3 Å². The van der Waals surface area contributed by atoms with E-state index in [0.717, 1.165) is 0 Å². The van der Waals surface area contributed by atoms with Crippen LogP contribution in [-0.2, 0) is 0 Å². The first-order chi connectivity index (χ1) is 7.00. The van der Waals surface area contributed by atoms with Gasteiger partial charge >= 0.3 is 0 Å². The molecule has 3 nitrogen and oxygen atoms in total. The number of rotatable bonds is 3. The fraction of sp³-hybridized carbons (Fsp3) is 0.300. The van der Waals surface area contributed by atoms with E-state index < -0.39 is 6.10 Å². The highest BCUT2D eigenvalue weighted by atomic mass is 35.5. The molecule has 0 saturated heterocycles. The van der Waals surface area contributed by atoms with Gasteiger partial charge in [0.25, 0.3) is 5.91 Å². The molecule has 0 unspecified atom stereocenters. The molecule has 1 amide bonds. The van der Waals surface area contributed by atoms with Gasteiger partial charge in [-0.15, -0.1) is 0 Å². The molecule has 82 valence electrons. The third-order valence-electron chi connectivity index (χ3n) is 1.74. The summed E-state index contributed by atoms with van der Waals surface area (Å²) < 4.78 is 0. The van der Waals surface area contributed by atoms with Crippen molar-refractivity contribution >= 4 is 29.1 Å². The molecule has 0 aliphatic carbocycles. The van der Waals surface area contributed by atoms with Crippen LogP contribution in [0.15, 0.2) is 18.2 Å². The molecular formula is C10H11Cl2NO2. The first-order valence-corrected chi connectivity index (χ1v) is 5.17. The molecule has 0 fully saturated rings. The molecule has 0 spiro atoms. The van der Waals surface area contributed by atoms with Crippen molar-refractivity contribution in [2.24, 2.45) is 0 Å². The molecule has 0 radical (unpaired) electrons. The van der Waals surface area contributed by atoms with E-state index in [0.29, 0.717) is 15.6 Å². The third kappa shape index (κ3) is 3.70. The van der Waals surface area contributed by atoms with Crippen LogP contribution in [0.1, 0.15) is 17.3 Å². The number of nitrogens with one attached hydrogen (secondary N) is 1. The van der Waals surface area contributed by atoms with Crippen LogP contribution in [0.2, 0.25) is 10.0 Å². The van der Waals surface area contributed by atoms with Gasteiger partial charge in [0.15, 0.2) is 0 Å². The molecule has 0 aliphatic heterocycles. The van der Waals surface area contributed by atoms with Crippen molar-refractivity contribution in [2.45, 2.75) is 13.0 Å². The van der Waals surface area contributed by atoms with Crippen LogP contribution < -0.4 is 5.32 Å². The summed E-state index contributed by atoms with van der Waals surface area (Å²) in [6.07, 6.45) is -0.572. The number of benzene rings is 1. The number of hydrogen-bond donors (Lipinski definition) is 2. The first-order valence-electron chi connectivity index (χ1n) is 4.42. The Balaban J connectivity index is 2.70. The molecule has 2 N–H and O–H groups in total. The minimum absolute atomic E-state index is 0.207. The average molecular weight is 248 g/mol. The van der Waals surface area contributed by atoms with Gasteiger partial charge < -0.3 is 10.4 Å². The molecule has 0 saturated carbocycles. The van der Waals surface area contributed by atoms with Crippen molar-refractivity contribution in [3.8, 4) is 0 Å². The summed E-state index contributed by atoms with van der Waals surface area (Å²) in [7, 11) is 0. The summed E-state index contributed by atoms with van der Waals surface area (Å²) in [6.45, 7) is 1.80. The summed E-state index contributed by atoms with van der Waals surface area (Å²) in [6, 6.07) is 4.62. The van der Waals surface area contributed by atoms with E-state index in [1.54, 1.807) is 19.1 Å². The SMILES string of the molecule is C[C@@H](O)CNC(=O)c1ccc(Cl)c(Cl)c1. The maximum absolute atomic E-state index is 11.5. The van der Waals surface area contributed by atoms with Crippen LogP contribution in [0.3, 0.4) is 0 Å². The van der Waals surface area contributed by atoms with E-state index in [2.05, 4.69) is 5.32 Å². The Bertz CT molecular complexity index is 366.